The zero-order valence-corrected chi connectivity index (χ0v) is 9.72. The fraction of sp³-hybridized carbons (Fsp3) is 0.909. The Labute approximate surface area is 90.3 Å². The maximum atomic E-state index is 13.7. The van der Waals surface area contributed by atoms with Gasteiger partial charge in [-0.3, -0.25) is 9.69 Å². The number of β-amino-alcohol motifs (C(OH)–C–C–N with tert-alkyl or cyclic N) is 1. The summed E-state index contributed by atoms with van der Waals surface area (Å²) in [6, 6.07) is 0. The molecule has 88 valence electrons. The first kappa shape index (κ1) is 12.6. The van der Waals surface area contributed by atoms with E-state index in [-0.39, 0.29) is 12.3 Å². The predicted octanol–water partition coefficient (Wildman–Crippen LogP) is 1.15. The molecule has 0 radical (unpaired) electrons. The SMILES string of the molecule is CC(=O)[C@](C)(O)CN1CCC[C@@](C)(F)C1. The lowest BCUT2D eigenvalue weighted by molar-refractivity contribution is -0.136. The third-order valence-electron chi connectivity index (χ3n) is 3.02. The van der Waals surface area contributed by atoms with Crippen molar-refractivity contribution in [2.45, 2.75) is 44.9 Å². The Kier molecular flexibility index (Phi) is 3.51. The van der Waals surface area contributed by atoms with E-state index < -0.39 is 11.3 Å². The van der Waals surface area contributed by atoms with Crippen LogP contribution in [0.1, 0.15) is 33.6 Å². The van der Waals surface area contributed by atoms with Gasteiger partial charge in [0.25, 0.3) is 0 Å². The molecule has 2 atom stereocenters. The highest BCUT2D eigenvalue weighted by molar-refractivity contribution is 5.84. The molecule has 1 rings (SSSR count). The number of aliphatic hydroxyl groups is 1. The number of alkyl halides is 1. The van der Waals surface area contributed by atoms with Crippen LogP contribution < -0.4 is 0 Å². The van der Waals surface area contributed by atoms with Crippen LogP contribution in [0, 0.1) is 0 Å². The van der Waals surface area contributed by atoms with Crippen molar-refractivity contribution in [2.75, 3.05) is 19.6 Å². The maximum absolute atomic E-state index is 13.7. The zero-order chi connectivity index (χ0) is 11.7. The number of hydrogen-bond donors (Lipinski definition) is 1. The van der Waals surface area contributed by atoms with Gasteiger partial charge in [-0.25, -0.2) is 4.39 Å². The molecule has 4 heteroatoms. The van der Waals surface area contributed by atoms with Crippen LogP contribution in [0.15, 0.2) is 0 Å². The van der Waals surface area contributed by atoms with Gasteiger partial charge in [0.1, 0.15) is 11.3 Å². The molecule has 0 aromatic heterocycles. The quantitative estimate of drug-likeness (QED) is 0.771. The van der Waals surface area contributed by atoms with Gasteiger partial charge in [0.2, 0.25) is 0 Å². The lowest BCUT2D eigenvalue weighted by atomic mass is 9.94. The number of rotatable bonds is 3. The summed E-state index contributed by atoms with van der Waals surface area (Å²) in [4.78, 5) is 13.0. The molecular weight excluding hydrogens is 197 g/mol. The van der Waals surface area contributed by atoms with Gasteiger partial charge in [-0.05, 0) is 40.2 Å². The van der Waals surface area contributed by atoms with Gasteiger partial charge in [0.15, 0.2) is 5.78 Å². The van der Waals surface area contributed by atoms with Crippen molar-refractivity contribution in [2.24, 2.45) is 0 Å². The van der Waals surface area contributed by atoms with Crippen molar-refractivity contribution in [1.29, 1.82) is 0 Å². The van der Waals surface area contributed by atoms with Crippen LogP contribution in [-0.4, -0.2) is 46.7 Å². The molecule has 1 aliphatic rings. The van der Waals surface area contributed by atoms with Crippen LogP contribution in [0.5, 0.6) is 0 Å². The maximum Gasteiger partial charge on any atom is 0.162 e. The second-order valence-corrected chi connectivity index (χ2v) is 5.06. The van der Waals surface area contributed by atoms with Gasteiger partial charge in [0, 0.05) is 13.1 Å². The summed E-state index contributed by atoms with van der Waals surface area (Å²) < 4.78 is 13.7. The molecule has 15 heavy (non-hydrogen) atoms. The molecule has 0 bridgehead atoms. The Bertz CT molecular complexity index is 251. The molecular formula is C11H20FNO2. The molecule has 1 heterocycles. The summed E-state index contributed by atoms with van der Waals surface area (Å²) in [5.41, 5.74) is -2.54. The fourth-order valence-corrected chi connectivity index (χ4v) is 1.98. The summed E-state index contributed by atoms with van der Waals surface area (Å²) in [6.45, 7) is 5.70. The highest BCUT2D eigenvalue weighted by atomic mass is 19.1. The van der Waals surface area contributed by atoms with E-state index in [1.54, 1.807) is 6.92 Å². The van der Waals surface area contributed by atoms with Gasteiger partial charge >= 0.3 is 0 Å². The monoisotopic (exact) mass is 217 g/mol. The topological polar surface area (TPSA) is 40.5 Å². The molecule has 0 aromatic carbocycles. The Balaban J connectivity index is 2.55. The first-order chi connectivity index (χ1) is 6.73. The minimum Gasteiger partial charge on any atom is -0.381 e. The van der Waals surface area contributed by atoms with Gasteiger partial charge in [-0.1, -0.05) is 0 Å². The van der Waals surface area contributed by atoms with Crippen molar-refractivity contribution >= 4 is 5.78 Å². The number of hydrogen-bond acceptors (Lipinski definition) is 3. The van der Waals surface area contributed by atoms with Crippen molar-refractivity contribution < 1.29 is 14.3 Å². The number of carbonyl (C=O) groups is 1. The van der Waals surface area contributed by atoms with Crippen molar-refractivity contribution in [3.05, 3.63) is 0 Å². The summed E-state index contributed by atoms with van der Waals surface area (Å²) in [7, 11) is 0. The van der Waals surface area contributed by atoms with E-state index >= 15 is 0 Å². The van der Waals surface area contributed by atoms with Crippen LogP contribution >= 0.6 is 0 Å². The van der Waals surface area contributed by atoms with Crippen molar-refractivity contribution in [3.8, 4) is 0 Å². The van der Waals surface area contributed by atoms with E-state index in [1.165, 1.54) is 13.8 Å². The number of ketones is 1. The minimum atomic E-state index is -1.35. The normalized spacial score (nSPS) is 32.3. The molecule has 3 nitrogen and oxygen atoms in total. The molecule has 0 amide bonds. The van der Waals surface area contributed by atoms with E-state index in [0.29, 0.717) is 13.0 Å². The first-order valence-corrected chi connectivity index (χ1v) is 5.38. The lowest BCUT2D eigenvalue weighted by Gasteiger charge is -2.38. The lowest BCUT2D eigenvalue weighted by Crippen LogP contribution is -2.51. The molecule has 1 saturated heterocycles. The largest absolute Gasteiger partial charge is 0.381 e. The molecule has 1 fully saturated rings. The number of carbonyl (C=O) groups excluding carboxylic acids is 1. The van der Waals surface area contributed by atoms with E-state index in [0.717, 1.165) is 13.0 Å². The number of Topliss-reactive ketones (excluding diaryl/α,β-unsaturated/α-hetero) is 1. The minimum absolute atomic E-state index is 0.224. The predicted molar refractivity (Wildman–Crippen MR) is 56.5 cm³/mol. The third-order valence-corrected chi connectivity index (χ3v) is 3.02. The Morgan fingerprint density at radius 2 is 2.27 bits per heavy atom. The van der Waals surface area contributed by atoms with Crippen molar-refractivity contribution in [1.82, 2.24) is 4.90 Å². The Hall–Kier alpha value is -0.480. The highest BCUT2D eigenvalue weighted by Crippen LogP contribution is 2.25. The van der Waals surface area contributed by atoms with Crippen LogP contribution in [0.25, 0.3) is 0 Å². The fourth-order valence-electron chi connectivity index (χ4n) is 1.98. The number of piperidine rings is 1. The van der Waals surface area contributed by atoms with Crippen LogP contribution in [-0.2, 0) is 4.79 Å². The van der Waals surface area contributed by atoms with Crippen LogP contribution in [0.3, 0.4) is 0 Å². The van der Waals surface area contributed by atoms with Gasteiger partial charge in [-0.15, -0.1) is 0 Å². The molecule has 1 aliphatic heterocycles. The van der Waals surface area contributed by atoms with E-state index in [2.05, 4.69) is 0 Å². The van der Waals surface area contributed by atoms with Gasteiger partial charge in [-0.2, -0.15) is 0 Å². The van der Waals surface area contributed by atoms with Crippen molar-refractivity contribution in [3.63, 3.8) is 0 Å². The number of halogens is 1. The van der Waals surface area contributed by atoms with Crippen LogP contribution in [0.2, 0.25) is 0 Å². The first-order valence-electron chi connectivity index (χ1n) is 5.38. The summed E-state index contributed by atoms with van der Waals surface area (Å²) in [5.74, 6) is -0.270. The summed E-state index contributed by atoms with van der Waals surface area (Å²) >= 11 is 0. The molecule has 0 aliphatic carbocycles. The van der Waals surface area contributed by atoms with E-state index in [4.69, 9.17) is 0 Å². The number of likely N-dealkylation sites (tertiary alicyclic amines) is 1. The summed E-state index contributed by atoms with van der Waals surface area (Å²) in [6.07, 6.45) is 1.34. The average Bonchev–Trinajstić information content (AvgIpc) is 2.00. The second-order valence-electron chi connectivity index (χ2n) is 5.06. The standard InChI is InChI=1S/C11H20FNO2/c1-9(14)11(3,15)8-13-6-4-5-10(2,12)7-13/h15H,4-8H2,1-3H3/t10-,11-/m1/s1. The Morgan fingerprint density at radius 1 is 1.67 bits per heavy atom. The van der Waals surface area contributed by atoms with E-state index in [9.17, 15) is 14.3 Å². The molecule has 0 unspecified atom stereocenters. The second kappa shape index (κ2) is 4.18. The third kappa shape index (κ3) is 3.54. The van der Waals surface area contributed by atoms with Gasteiger partial charge < -0.3 is 5.11 Å². The average molecular weight is 217 g/mol. The highest BCUT2D eigenvalue weighted by Gasteiger charge is 2.35. The number of nitrogens with zero attached hydrogens (tertiary/aromatic N) is 1. The van der Waals surface area contributed by atoms with Gasteiger partial charge in [0.05, 0.1) is 0 Å². The molecule has 0 saturated carbocycles. The zero-order valence-electron chi connectivity index (χ0n) is 9.72. The van der Waals surface area contributed by atoms with E-state index in [1.807, 2.05) is 4.90 Å². The smallest absolute Gasteiger partial charge is 0.162 e. The molecule has 0 spiro atoms. The Morgan fingerprint density at radius 3 is 2.73 bits per heavy atom. The summed E-state index contributed by atoms with van der Waals surface area (Å²) in [5, 5.41) is 9.80. The molecule has 0 aromatic rings. The molecule has 1 N–H and O–H groups in total. The van der Waals surface area contributed by atoms with Crippen LogP contribution in [0.4, 0.5) is 4.39 Å².